The van der Waals surface area contributed by atoms with Crippen molar-refractivity contribution in [3.8, 4) is 0 Å². The minimum atomic E-state index is 0.0127. The van der Waals surface area contributed by atoms with E-state index in [1.54, 1.807) is 15.9 Å². The van der Waals surface area contributed by atoms with Crippen molar-refractivity contribution in [3.63, 3.8) is 0 Å². The van der Waals surface area contributed by atoms with Gasteiger partial charge in [0.2, 0.25) is 0 Å². The number of fused-ring (bicyclic) bond motifs is 1. The van der Waals surface area contributed by atoms with E-state index in [2.05, 4.69) is 5.16 Å². The van der Waals surface area contributed by atoms with Crippen LogP contribution in [-0.4, -0.2) is 33.7 Å². The van der Waals surface area contributed by atoms with Crippen LogP contribution in [0.15, 0.2) is 9.32 Å². The topological polar surface area (TPSA) is 64.2 Å². The number of rotatable bonds is 4. The highest BCUT2D eigenvalue weighted by Gasteiger charge is 2.19. The average molecular weight is 346 g/mol. The molecule has 0 amide bonds. The maximum atomic E-state index is 13.2. The summed E-state index contributed by atoms with van der Waals surface area (Å²) >= 11 is 1.58. The second-order valence-corrected chi connectivity index (χ2v) is 7.63. The number of hydrogen-bond donors (Lipinski definition) is 0. The van der Waals surface area contributed by atoms with E-state index >= 15 is 0 Å². The van der Waals surface area contributed by atoms with Crippen LogP contribution in [0.2, 0.25) is 0 Å². The van der Waals surface area contributed by atoms with Crippen molar-refractivity contribution < 1.29 is 4.52 Å². The molecule has 3 rings (SSSR count). The van der Waals surface area contributed by atoms with Crippen molar-refractivity contribution in [2.24, 2.45) is 0 Å². The van der Waals surface area contributed by atoms with E-state index in [9.17, 15) is 4.79 Å². The molecule has 3 aromatic heterocycles. The highest BCUT2D eigenvalue weighted by Crippen LogP contribution is 2.27. The van der Waals surface area contributed by atoms with Crippen LogP contribution in [0.25, 0.3) is 10.2 Å². The molecule has 0 N–H and O–H groups in total. The lowest BCUT2D eigenvalue weighted by molar-refractivity contribution is 0.378. The molecule has 0 atom stereocenters. The molecule has 128 valence electrons. The molecule has 0 bridgehead atoms. The van der Waals surface area contributed by atoms with E-state index in [-0.39, 0.29) is 5.56 Å². The minimum Gasteiger partial charge on any atom is -0.361 e. The molecule has 0 saturated heterocycles. The van der Waals surface area contributed by atoms with Crippen molar-refractivity contribution in [3.05, 3.63) is 43.6 Å². The van der Waals surface area contributed by atoms with Crippen molar-refractivity contribution in [1.29, 1.82) is 0 Å². The molecule has 0 unspecified atom stereocenters. The third-order valence-corrected chi connectivity index (χ3v) is 5.42. The molecule has 0 aromatic carbocycles. The Balaban J connectivity index is 2.25. The lowest BCUT2D eigenvalue weighted by atomic mass is 10.2. The van der Waals surface area contributed by atoms with Crippen molar-refractivity contribution >= 4 is 21.6 Å². The quantitative estimate of drug-likeness (QED) is 0.727. The maximum absolute atomic E-state index is 13.2. The molecule has 3 aromatic rings. The van der Waals surface area contributed by atoms with Gasteiger partial charge in [0.05, 0.1) is 24.2 Å². The molecule has 24 heavy (non-hydrogen) atoms. The summed E-state index contributed by atoms with van der Waals surface area (Å²) in [6, 6.07) is 0. The van der Waals surface area contributed by atoms with Crippen LogP contribution in [0.3, 0.4) is 0 Å². The Kier molecular flexibility index (Phi) is 4.31. The van der Waals surface area contributed by atoms with Gasteiger partial charge in [0, 0.05) is 10.4 Å². The molecular weight excluding hydrogens is 324 g/mol. The predicted molar refractivity (Wildman–Crippen MR) is 95.8 cm³/mol. The first-order valence-electron chi connectivity index (χ1n) is 7.85. The number of thiophene rings is 1. The predicted octanol–water partition coefficient (Wildman–Crippen LogP) is 2.79. The Hall–Kier alpha value is -1.99. The summed E-state index contributed by atoms with van der Waals surface area (Å²) in [5.74, 6) is 1.51. The molecule has 0 spiro atoms. The third kappa shape index (κ3) is 2.78. The minimum absolute atomic E-state index is 0.0127. The van der Waals surface area contributed by atoms with Gasteiger partial charge in [0.1, 0.15) is 16.4 Å². The zero-order valence-corrected chi connectivity index (χ0v) is 15.7. The Morgan fingerprint density at radius 2 is 1.92 bits per heavy atom. The smallest absolute Gasteiger partial charge is 0.262 e. The van der Waals surface area contributed by atoms with Gasteiger partial charge in [0.15, 0.2) is 0 Å². The summed E-state index contributed by atoms with van der Waals surface area (Å²) in [4.78, 5) is 21.9. The van der Waals surface area contributed by atoms with E-state index in [4.69, 9.17) is 9.51 Å². The van der Waals surface area contributed by atoms with Gasteiger partial charge < -0.3 is 9.42 Å². The number of hydrogen-bond acceptors (Lipinski definition) is 6. The molecule has 0 aliphatic carbocycles. The van der Waals surface area contributed by atoms with Crippen LogP contribution in [0.4, 0.5) is 0 Å². The van der Waals surface area contributed by atoms with Gasteiger partial charge in [-0.2, -0.15) is 0 Å². The summed E-state index contributed by atoms with van der Waals surface area (Å²) in [6.45, 7) is 8.83. The molecule has 0 radical (unpaired) electrons. The second kappa shape index (κ2) is 6.14. The van der Waals surface area contributed by atoms with Crippen LogP contribution >= 0.6 is 11.3 Å². The van der Waals surface area contributed by atoms with Gasteiger partial charge in [-0.05, 0) is 47.4 Å². The Morgan fingerprint density at radius 1 is 1.21 bits per heavy atom. The van der Waals surface area contributed by atoms with Crippen molar-refractivity contribution in [1.82, 2.24) is 19.6 Å². The van der Waals surface area contributed by atoms with Gasteiger partial charge in [0.25, 0.3) is 5.56 Å². The van der Waals surface area contributed by atoms with Gasteiger partial charge in [-0.15, -0.1) is 11.3 Å². The normalized spacial score (nSPS) is 11.8. The second-order valence-electron chi connectivity index (χ2n) is 6.42. The zero-order chi connectivity index (χ0) is 17.6. The fourth-order valence-electron chi connectivity index (χ4n) is 2.82. The average Bonchev–Trinajstić information content (AvgIpc) is 2.95. The maximum Gasteiger partial charge on any atom is 0.262 e. The fourth-order valence-corrected chi connectivity index (χ4v) is 3.86. The number of nitrogens with zero attached hydrogens (tertiary/aromatic N) is 4. The number of aromatic nitrogens is 3. The SMILES string of the molecule is Cc1noc(C)c1Cn1c(CN(C)C)nc2sc(C)c(C)c2c1=O. The number of aryl methyl sites for hydroxylation is 4. The van der Waals surface area contributed by atoms with E-state index in [0.29, 0.717) is 13.1 Å². The fraction of sp³-hybridized carbons (Fsp3) is 0.471. The van der Waals surface area contributed by atoms with Crippen LogP contribution in [0, 0.1) is 27.7 Å². The summed E-state index contributed by atoms with van der Waals surface area (Å²) in [7, 11) is 3.95. The van der Waals surface area contributed by atoms with Crippen molar-refractivity contribution in [2.45, 2.75) is 40.8 Å². The third-order valence-electron chi connectivity index (χ3n) is 4.32. The standard InChI is InChI=1S/C17H22N4O2S/c1-9-12(4)24-16-15(9)17(22)21(14(18-16)8-20(5)6)7-13-10(2)19-23-11(13)3/h7-8H2,1-6H3. The molecule has 0 aliphatic rings. The van der Waals surface area contributed by atoms with Crippen LogP contribution in [0.5, 0.6) is 0 Å². The molecule has 3 heterocycles. The van der Waals surface area contributed by atoms with Crippen molar-refractivity contribution in [2.75, 3.05) is 14.1 Å². The lowest BCUT2D eigenvalue weighted by Gasteiger charge is -2.15. The Labute approximate surface area is 144 Å². The van der Waals surface area contributed by atoms with Gasteiger partial charge in [-0.3, -0.25) is 9.36 Å². The van der Waals surface area contributed by atoms with E-state index in [0.717, 1.165) is 43.5 Å². The van der Waals surface area contributed by atoms with Gasteiger partial charge in [-0.25, -0.2) is 4.98 Å². The van der Waals surface area contributed by atoms with Gasteiger partial charge in [-0.1, -0.05) is 5.16 Å². The molecule has 0 aliphatic heterocycles. The molecular formula is C17H22N4O2S. The van der Waals surface area contributed by atoms with E-state index < -0.39 is 0 Å². The zero-order valence-electron chi connectivity index (χ0n) is 14.9. The summed E-state index contributed by atoms with van der Waals surface area (Å²) in [6.07, 6.45) is 0. The van der Waals surface area contributed by atoms with E-state index in [1.807, 2.05) is 46.7 Å². The summed E-state index contributed by atoms with van der Waals surface area (Å²) in [5, 5.41) is 4.73. The first-order chi connectivity index (χ1) is 11.3. The highest BCUT2D eigenvalue weighted by molar-refractivity contribution is 7.18. The van der Waals surface area contributed by atoms with E-state index in [1.165, 1.54) is 0 Å². The molecule has 6 nitrogen and oxygen atoms in total. The van der Waals surface area contributed by atoms with Crippen LogP contribution < -0.4 is 5.56 Å². The Bertz CT molecular complexity index is 946. The molecule has 7 heteroatoms. The lowest BCUT2D eigenvalue weighted by Crippen LogP contribution is -2.29. The van der Waals surface area contributed by atoms with Crippen LogP contribution in [-0.2, 0) is 13.1 Å². The van der Waals surface area contributed by atoms with Crippen LogP contribution in [0.1, 0.15) is 33.3 Å². The largest absolute Gasteiger partial charge is 0.361 e. The summed E-state index contributed by atoms with van der Waals surface area (Å²) < 4.78 is 7.01. The highest BCUT2D eigenvalue weighted by atomic mass is 32.1. The van der Waals surface area contributed by atoms with Gasteiger partial charge >= 0.3 is 0 Å². The monoisotopic (exact) mass is 346 g/mol. The first kappa shape index (κ1) is 16.9. The summed E-state index contributed by atoms with van der Waals surface area (Å²) in [5.41, 5.74) is 2.80. The first-order valence-corrected chi connectivity index (χ1v) is 8.67. The molecule has 0 saturated carbocycles. The molecule has 0 fully saturated rings. The Morgan fingerprint density at radius 3 is 2.50 bits per heavy atom.